The maximum Gasteiger partial charge on any atom is 0.412 e. The summed E-state index contributed by atoms with van der Waals surface area (Å²) in [6, 6.07) is 19.1. The van der Waals surface area contributed by atoms with Gasteiger partial charge in [0, 0.05) is 11.6 Å². The molecule has 0 spiro atoms. The van der Waals surface area contributed by atoms with Crippen molar-refractivity contribution in [2.45, 2.75) is 12.8 Å². The number of nitrogens with zero attached hydrogens (tertiary/aromatic N) is 1. The number of ether oxygens (including phenoxy) is 1. The second kappa shape index (κ2) is 7.15. The summed E-state index contributed by atoms with van der Waals surface area (Å²) < 4.78 is 5.44. The van der Waals surface area contributed by atoms with E-state index in [0.29, 0.717) is 5.69 Å². The van der Waals surface area contributed by atoms with E-state index in [-0.39, 0.29) is 23.9 Å². The van der Waals surface area contributed by atoms with E-state index in [0.717, 1.165) is 22.3 Å². The predicted molar refractivity (Wildman–Crippen MR) is 105 cm³/mol. The Morgan fingerprint density at radius 3 is 2.21 bits per heavy atom. The van der Waals surface area contributed by atoms with Crippen LogP contribution in [0.2, 0.25) is 0 Å². The number of hydrogen-bond acceptors (Lipinski definition) is 4. The number of fused-ring (bicyclic) bond motifs is 3. The van der Waals surface area contributed by atoms with Crippen LogP contribution in [0.15, 0.2) is 60.7 Å². The molecule has 1 heterocycles. The van der Waals surface area contributed by atoms with Crippen molar-refractivity contribution < 1.29 is 19.4 Å². The van der Waals surface area contributed by atoms with Crippen molar-refractivity contribution in [3.63, 3.8) is 0 Å². The number of aryl methyl sites for hydroxylation is 1. The quantitative estimate of drug-likeness (QED) is 0.704. The molecule has 6 nitrogen and oxygen atoms in total. The zero-order valence-corrected chi connectivity index (χ0v) is 15.2. The fourth-order valence-corrected chi connectivity index (χ4v) is 3.56. The molecule has 0 bridgehead atoms. The van der Waals surface area contributed by atoms with Crippen molar-refractivity contribution in [3.05, 3.63) is 83.0 Å². The minimum absolute atomic E-state index is 0.0234. The molecule has 1 aliphatic rings. The molecule has 1 amide bonds. The number of carbonyl (C=O) groups excluding carboxylic acids is 1. The van der Waals surface area contributed by atoms with Gasteiger partial charge in [0.2, 0.25) is 0 Å². The molecule has 6 heteroatoms. The summed E-state index contributed by atoms with van der Waals surface area (Å²) in [4.78, 5) is 27.7. The summed E-state index contributed by atoms with van der Waals surface area (Å²) in [5.74, 6) is -1.26. The van der Waals surface area contributed by atoms with E-state index in [9.17, 15) is 14.7 Å². The van der Waals surface area contributed by atoms with Gasteiger partial charge in [-0.25, -0.2) is 14.6 Å². The molecule has 0 saturated carbocycles. The standard InChI is InChI=1S/C22H18N2O4/c1-13-10-11-18(21(25)26)20(23-13)24-22(27)28-12-19-16-8-4-2-6-14(16)15-7-3-5-9-17(15)19/h2-11,19H,12H2,1H3,(H,25,26)(H,23,24,27). The molecule has 0 unspecified atom stereocenters. The van der Waals surface area contributed by atoms with Crippen LogP contribution in [0.5, 0.6) is 0 Å². The first-order valence-electron chi connectivity index (χ1n) is 8.87. The number of carboxylic acids is 1. The third-order valence-electron chi connectivity index (χ3n) is 4.83. The molecule has 0 aliphatic heterocycles. The van der Waals surface area contributed by atoms with E-state index in [1.807, 2.05) is 36.4 Å². The fourth-order valence-electron chi connectivity index (χ4n) is 3.56. The van der Waals surface area contributed by atoms with Gasteiger partial charge in [0.15, 0.2) is 0 Å². The molecule has 1 aromatic heterocycles. The molecule has 3 aromatic rings. The number of amides is 1. The summed E-state index contributed by atoms with van der Waals surface area (Å²) in [6.45, 7) is 1.86. The Hall–Kier alpha value is -3.67. The number of hydrogen-bond donors (Lipinski definition) is 2. The van der Waals surface area contributed by atoms with E-state index < -0.39 is 12.1 Å². The van der Waals surface area contributed by atoms with Gasteiger partial charge >= 0.3 is 12.1 Å². The molecule has 28 heavy (non-hydrogen) atoms. The van der Waals surface area contributed by atoms with E-state index >= 15 is 0 Å². The van der Waals surface area contributed by atoms with Crippen molar-refractivity contribution in [1.82, 2.24) is 4.98 Å². The van der Waals surface area contributed by atoms with Crippen LogP contribution in [-0.2, 0) is 4.74 Å². The van der Waals surface area contributed by atoms with Gasteiger partial charge in [-0.15, -0.1) is 0 Å². The summed E-state index contributed by atoms with van der Waals surface area (Å²) >= 11 is 0. The zero-order valence-electron chi connectivity index (χ0n) is 15.2. The molecule has 4 rings (SSSR count). The zero-order chi connectivity index (χ0) is 19.7. The molecule has 0 fully saturated rings. The van der Waals surface area contributed by atoms with E-state index in [2.05, 4.69) is 22.4 Å². The second-order valence-corrected chi connectivity index (χ2v) is 6.60. The topological polar surface area (TPSA) is 88.5 Å². The molecule has 0 atom stereocenters. The summed E-state index contributed by atoms with van der Waals surface area (Å²) in [7, 11) is 0. The van der Waals surface area contributed by atoms with Crippen molar-refractivity contribution in [2.24, 2.45) is 0 Å². The van der Waals surface area contributed by atoms with Crippen LogP contribution in [0, 0.1) is 6.92 Å². The number of rotatable bonds is 4. The highest BCUT2D eigenvalue weighted by molar-refractivity contribution is 5.97. The predicted octanol–water partition coefficient (Wildman–Crippen LogP) is 4.45. The number of aromatic nitrogens is 1. The normalized spacial score (nSPS) is 12.2. The largest absolute Gasteiger partial charge is 0.478 e. The maximum absolute atomic E-state index is 12.3. The molecular weight excluding hydrogens is 356 g/mol. The van der Waals surface area contributed by atoms with Crippen molar-refractivity contribution in [2.75, 3.05) is 11.9 Å². The van der Waals surface area contributed by atoms with Crippen LogP contribution in [0.25, 0.3) is 11.1 Å². The van der Waals surface area contributed by atoms with Crippen LogP contribution >= 0.6 is 0 Å². The number of nitrogens with one attached hydrogen (secondary N) is 1. The highest BCUT2D eigenvalue weighted by Gasteiger charge is 2.29. The summed E-state index contributed by atoms with van der Waals surface area (Å²) in [5.41, 5.74) is 5.01. The van der Waals surface area contributed by atoms with E-state index in [4.69, 9.17) is 4.74 Å². The molecular formula is C22H18N2O4. The first-order valence-corrected chi connectivity index (χ1v) is 8.87. The molecule has 140 valence electrons. The molecule has 0 radical (unpaired) electrons. The lowest BCUT2D eigenvalue weighted by Gasteiger charge is -2.15. The third kappa shape index (κ3) is 3.20. The van der Waals surface area contributed by atoms with Crippen molar-refractivity contribution >= 4 is 17.9 Å². The first kappa shape index (κ1) is 17.7. The average Bonchev–Trinajstić information content (AvgIpc) is 3.00. The first-order chi connectivity index (χ1) is 13.5. The third-order valence-corrected chi connectivity index (χ3v) is 4.83. The van der Waals surface area contributed by atoms with Crippen LogP contribution in [0.1, 0.15) is 33.1 Å². The Kier molecular flexibility index (Phi) is 4.53. The van der Waals surface area contributed by atoms with E-state index in [1.54, 1.807) is 13.0 Å². The van der Waals surface area contributed by atoms with Crippen LogP contribution < -0.4 is 5.32 Å². The average molecular weight is 374 g/mol. The van der Waals surface area contributed by atoms with Gasteiger partial charge in [-0.05, 0) is 41.3 Å². The SMILES string of the molecule is Cc1ccc(C(=O)O)c(NC(=O)OCC2c3ccccc3-c3ccccc32)n1. The lowest BCUT2D eigenvalue weighted by molar-refractivity contribution is 0.0697. The van der Waals surface area contributed by atoms with Crippen LogP contribution in [0.3, 0.4) is 0 Å². The lowest BCUT2D eigenvalue weighted by Crippen LogP contribution is -2.20. The van der Waals surface area contributed by atoms with Gasteiger partial charge in [0.05, 0.1) is 0 Å². The van der Waals surface area contributed by atoms with Gasteiger partial charge < -0.3 is 9.84 Å². The monoisotopic (exact) mass is 374 g/mol. The Labute approximate surface area is 161 Å². The number of pyridine rings is 1. The Balaban J connectivity index is 1.52. The smallest absolute Gasteiger partial charge is 0.412 e. The molecule has 0 saturated heterocycles. The Morgan fingerprint density at radius 1 is 1.00 bits per heavy atom. The number of carboxylic acid groups (broad SMARTS) is 1. The highest BCUT2D eigenvalue weighted by Crippen LogP contribution is 2.44. The van der Waals surface area contributed by atoms with Crippen molar-refractivity contribution in [1.29, 1.82) is 0 Å². The highest BCUT2D eigenvalue weighted by atomic mass is 16.5. The maximum atomic E-state index is 12.3. The van der Waals surface area contributed by atoms with Gasteiger partial charge in [-0.3, -0.25) is 5.32 Å². The van der Waals surface area contributed by atoms with Crippen molar-refractivity contribution in [3.8, 4) is 11.1 Å². The summed E-state index contributed by atoms with van der Waals surface area (Å²) in [5, 5.41) is 11.7. The van der Waals surface area contributed by atoms with Crippen LogP contribution in [-0.4, -0.2) is 28.8 Å². The minimum Gasteiger partial charge on any atom is -0.478 e. The number of anilines is 1. The number of carbonyl (C=O) groups is 2. The molecule has 2 aromatic carbocycles. The fraction of sp³-hybridized carbons (Fsp3) is 0.136. The molecule has 2 N–H and O–H groups in total. The van der Waals surface area contributed by atoms with Gasteiger partial charge in [0.25, 0.3) is 0 Å². The number of benzene rings is 2. The van der Waals surface area contributed by atoms with Gasteiger partial charge in [-0.2, -0.15) is 0 Å². The van der Waals surface area contributed by atoms with Gasteiger partial charge in [0.1, 0.15) is 18.0 Å². The second-order valence-electron chi connectivity index (χ2n) is 6.60. The Morgan fingerprint density at radius 2 is 1.61 bits per heavy atom. The number of aromatic carboxylic acids is 1. The van der Waals surface area contributed by atoms with E-state index in [1.165, 1.54) is 6.07 Å². The molecule has 1 aliphatic carbocycles. The lowest BCUT2D eigenvalue weighted by atomic mass is 9.98. The Bertz CT molecular complexity index is 1030. The summed E-state index contributed by atoms with van der Waals surface area (Å²) in [6.07, 6.45) is -0.734. The van der Waals surface area contributed by atoms with Crippen LogP contribution in [0.4, 0.5) is 10.6 Å². The minimum atomic E-state index is -1.17. The van der Waals surface area contributed by atoms with Gasteiger partial charge in [-0.1, -0.05) is 48.5 Å².